The van der Waals surface area contributed by atoms with Crippen LogP contribution in [0.25, 0.3) is 0 Å². The molecule has 0 aromatic heterocycles. The Kier molecular flexibility index (Phi) is 4.31. The van der Waals surface area contributed by atoms with Gasteiger partial charge in [0.15, 0.2) is 0 Å². The van der Waals surface area contributed by atoms with Gasteiger partial charge in [0.2, 0.25) is 0 Å². The SMILES string of the molecule is Cc1ccc(N=Cc2ccc(N3CCOCC3)cc2)cc1. The van der Waals surface area contributed by atoms with E-state index in [0.29, 0.717) is 0 Å². The van der Waals surface area contributed by atoms with E-state index in [9.17, 15) is 0 Å². The van der Waals surface area contributed by atoms with E-state index in [1.807, 2.05) is 18.3 Å². The molecule has 0 N–H and O–H groups in total. The molecular weight excluding hydrogens is 260 g/mol. The molecular formula is C18H20N2O. The van der Waals surface area contributed by atoms with E-state index in [2.05, 4.69) is 53.2 Å². The number of ether oxygens (including phenoxy) is 1. The van der Waals surface area contributed by atoms with Gasteiger partial charge >= 0.3 is 0 Å². The van der Waals surface area contributed by atoms with Crippen molar-refractivity contribution in [3.8, 4) is 0 Å². The molecule has 3 rings (SSSR count). The fourth-order valence-electron chi connectivity index (χ4n) is 2.37. The standard InChI is InChI=1S/C18H20N2O/c1-15-2-6-17(7-3-15)19-14-16-4-8-18(9-5-16)20-10-12-21-13-11-20/h2-9,14H,10-13H2,1H3. The molecule has 1 saturated heterocycles. The average Bonchev–Trinajstić information content (AvgIpc) is 2.56. The Morgan fingerprint density at radius 3 is 2.29 bits per heavy atom. The second kappa shape index (κ2) is 6.55. The first-order valence-electron chi connectivity index (χ1n) is 7.35. The summed E-state index contributed by atoms with van der Waals surface area (Å²) in [5.74, 6) is 0. The Hall–Kier alpha value is -2.13. The topological polar surface area (TPSA) is 24.8 Å². The van der Waals surface area contributed by atoms with Crippen LogP contribution >= 0.6 is 0 Å². The number of aryl methyl sites for hydroxylation is 1. The van der Waals surface area contributed by atoms with E-state index >= 15 is 0 Å². The summed E-state index contributed by atoms with van der Waals surface area (Å²) < 4.78 is 5.38. The minimum Gasteiger partial charge on any atom is -0.378 e. The zero-order valence-electron chi connectivity index (χ0n) is 12.3. The number of morpholine rings is 1. The van der Waals surface area contributed by atoms with E-state index in [-0.39, 0.29) is 0 Å². The number of anilines is 1. The molecule has 1 fully saturated rings. The van der Waals surface area contributed by atoms with Crippen LogP contribution in [0.4, 0.5) is 11.4 Å². The van der Waals surface area contributed by atoms with E-state index in [1.54, 1.807) is 0 Å². The van der Waals surface area contributed by atoms with Crippen LogP contribution in [0, 0.1) is 6.92 Å². The second-order valence-electron chi connectivity index (χ2n) is 5.28. The van der Waals surface area contributed by atoms with Gasteiger partial charge in [0, 0.05) is 25.0 Å². The van der Waals surface area contributed by atoms with E-state index in [1.165, 1.54) is 11.3 Å². The van der Waals surface area contributed by atoms with Crippen molar-refractivity contribution in [3.05, 3.63) is 59.7 Å². The van der Waals surface area contributed by atoms with Crippen molar-refractivity contribution in [2.45, 2.75) is 6.92 Å². The fraction of sp³-hybridized carbons (Fsp3) is 0.278. The van der Waals surface area contributed by atoms with Gasteiger partial charge in [-0.2, -0.15) is 0 Å². The van der Waals surface area contributed by atoms with E-state index in [0.717, 1.165) is 37.6 Å². The molecule has 1 heterocycles. The first kappa shape index (κ1) is 13.8. The summed E-state index contributed by atoms with van der Waals surface area (Å²) >= 11 is 0. The summed E-state index contributed by atoms with van der Waals surface area (Å²) in [6.45, 7) is 5.65. The smallest absolute Gasteiger partial charge is 0.0642 e. The van der Waals surface area contributed by atoms with Gasteiger partial charge < -0.3 is 9.64 Å². The van der Waals surface area contributed by atoms with Crippen LogP contribution in [0.2, 0.25) is 0 Å². The molecule has 108 valence electrons. The van der Waals surface area contributed by atoms with Gasteiger partial charge in [0.05, 0.1) is 18.9 Å². The van der Waals surface area contributed by atoms with Crippen molar-refractivity contribution in [2.75, 3.05) is 31.2 Å². The molecule has 0 aliphatic carbocycles. The maximum Gasteiger partial charge on any atom is 0.0642 e. The number of aliphatic imine (C=N–C) groups is 1. The monoisotopic (exact) mass is 280 g/mol. The van der Waals surface area contributed by atoms with Crippen LogP contribution in [-0.2, 0) is 4.74 Å². The summed E-state index contributed by atoms with van der Waals surface area (Å²) in [6, 6.07) is 16.8. The Morgan fingerprint density at radius 2 is 1.62 bits per heavy atom. The number of benzene rings is 2. The highest BCUT2D eigenvalue weighted by atomic mass is 16.5. The summed E-state index contributed by atoms with van der Waals surface area (Å²) in [7, 11) is 0. The molecule has 1 aliphatic rings. The predicted molar refractivity (Wildman–Crippen MR) is 87.9 cm³/mol. The van der Waals surface area contributed by atoms with Gasteiger partial charge in [-0.3, -0.25) is 4.99 Å². The zero-order chi connectivity index (χ0) is 14.5. The molecule has 2 aromatic rings. The highest BCUT2D eigenvalue weighted by molar-refractivity contribution is 5.82. The van der Waals surface area contributed by atoms with Gasteiger partial charge in [-0.15, -0.1) is 0 Å². The Morgan fingerprint density at radius 1 is 0.952 bits per heavy atom. The molecule has 0 radical (unpaired) electrons. The number of rotatable bonds is 3. The predicted octanol–water partition coefficient (Wildman–Crippen LogP) is 3.58. The minimum absolute atomic E-state index is 0.816. The van der Waals surface area contributed by atoms with E-state index < -0.39 is 0 Å². The van der Waals surface area contributed by atoms with Crippen LogP contribution in [-0.4, -0.2) is 32.5 Å². The molecule has 1 aliphatic heterocycles. The molecule has 0 unspecified atom stereocenters. The lowest BCUT2D eigenvalue weighted by atomic mass is 10.2. The van der Waals surface area contributed by atoms with E-state index in [4.69, 9.17) is 4.74 Å². The van der Waals surface area contributed by atoms with Gasteiger partial charge in [-0.05, 0) is 36.8 Å². The van der Waals surface area contributed by atoms with Crippen LogP contribution < -0.4 is 4.90 Å². The first-order valence-corrected chi connectivity index (χ1v) is 7.35. The van der Waals surface area contributed by atoms with Crippen LogP contribution in [0.5, 0.6) is 0 Å². The lowest BCUT2D eigenvalue weighted by Crippen LogP contribution is -2.36. The highest BCUT2D eigenvalue weighted by Gasteiger charge is 2.10. The van der Waals surface area contributed by atoms with Crippen molar-refractivity contribution in [1.82, 2.24) is 0 Å². The number of hydrogen-bond acceptors (Lipinski definition) is 3. The van der Waals surface area contributed by atoms with Crippen molar-refractivity contribution < 1.29 is 4.74 Å². The molecule has 2 aromatic carbocycles. The lowest BCUT2D eigenvalue weighted by molar-refractivity contribution is 0.122. The van der Waals surface area contributed by atoms with Gasteiger partial charge in [0.1, 0.15) is 0 Å². The van der Waals surface area contributed by atoms with Crippen molar-refractivity contribution >= 4 is 17.6 Å². The quantitative estimate of drug-likeness (QED) is 0.803. The zero-order valence-corrected chi connectivity index (χ0v) is 12.3. The minimum atomic E-state index is 0.816. The third-order valence-corrected chi connectivity index (χ3v) is 3.67. The van der Waals surface area contributed by atoms with Crippen molar-refractivity contribution in [1.29, 1.82) is 0 Å². The second-order valence-corrected chi connectivity index (χ2v) is 5.28. The molecule has 0 spiro atoms. The van der Waals surface area contributed by atoms with Crippen molar-refractivity contribution in [3.63, 3.8) is 0 Å². The van der Waals surface area contributed by atoms with Crippen molar-refractivity contribution in [2.24, 2.45) is 4.99 Å². The molecule has 0 amide bonds. The van der Waals surface area contributed by atoms with Gasteiger partial charge in [-0.1, -0.05) is 29.8 Å². The maximum atomic E-state index is 5.38. The molecule has 0 saturated carbocycles. The third-order valence-electron chi connectivity index (χ3n) is 3.67. The normalized spacial score (nSPS) is 15.6. The summed E-state index contributed by atoms with van der Waals surface area (Å²) in [5, 5.41) is 0. The number of nitrogens with zero attached hydrogens (tertiary/aromatic N) is 2. The third kappa shape index (κ3) is 3.70. The summed E-state index contributed by atoms with van der Waals surface area (Å²) in [5.41, 5.74) is 4.61. The molecule has 3 nitrogen and oxygen atoms in total. The molecule has 21 heavy (non-hydrogen) atoms. The van der Waals surface area contributed by atoms with Gasteiger partial charge in [0.25, 0.3) is 0 Å². The van der Waals surface area contributed by atoms with Crippen LogP contribution in [0.1, 0.15) is 11.1 Å². The van der Waals surface area contributed by atoms with Gasteiger partial charge in [-0.25, -0.2) is 0 Å². The number of hydrogen-bond donors (Lipinski definition) is 0. The summed E-state index contributed by atoms with van der Waals surface area (Å²) in [6.07, 6.45) is 1.91. The first-order chi connectivity index (χ1) is 10.3. The molecule has 0 bridgehead atoms. The maximum absolute atomic E-state index is 5.38. The lowest BCUT2D eigenvalue weighted by Gasteiger charge is -2.28. The Labute approximate surface area is 125 Å². The molecule has 0 atom stereocenters. The highest BCUT2D eigenvalue weighted by Crippen LogP contribution is 2.17. The summed E-state index contributed by atoms with van der Waals surface area (Å²) in [4.78, 5) is 6.85. The molecule has 3 heteroatoms. The fourth-order valence-corrected chi connectivity index (χ4v) is 2.37. The van der Waals surface area contributed by atoms with Crippen LogP contribution in [0.15, 0.2) is 53.5 Å². The Balaban J connectivity index is 1.67. The largest absolute Gasteiger partial charge is 0.378 e. The average molecular weight is 280 g/mol. The Bertz CT molecular complexity index is 596. The van der Waals surface area contributed by atoms with Crippen LogP contribution in [0.3, 0.4) is 0 Å².